The topological polar surface area (TPSA) is 70.7 Å². The Morgan fingerprint density at radius 2 is 2.25 bits per heavy atom. The monoisotopic (exact) mass is 165 g/mol. The predicted molar refractivity (Wildman–Crippen MR) is 40.2 cm³/mol. The van der Waals surface area contributed by atoms with E-state index < -0.39 is 6.29 Å². The minimum absolute atomic E-state index is 0.315. The molecule has 0 aromatic carbocycles. The molecule has 0 aliphatic heterocycles. The molecule has 0 bridgehead atoms. The molecule has 0 amide bonds. The molecule has 2 heterocycles. The second-order valence-corrected chi connectivity index (χ2v) is 2.36. The Balaban J connectivity index is 2.70. The van der Waals surface area contributed by atoms with Crippen molar-refractivity contribution in [3.63, 3.8) is 0 Å². The van der Waals surface area contributed by atoms with Crippen molar-refractivity contribution in [3.05, 3.63) is 30.2 Å². The quantitative estimate of drug-likeness (QED) is 0.570. The van der Waals surface area contributed by atoms with Gasteiger partial charge in [-0.3, -0.25) is 0 Å². The van der Waals surface area contributed by atoms with Crippen LogP contribution < -0.4 is 0 Å². The third-order valence-electron chi connectivity index (χ3n) is 1.58. The smallest absolute Gasteiger partial charge is 0.183 e. The molecule has 0 atom stereocenters. The maximum absolute atomic E-state index is 8.87. The van der Waals surface area contributed by atoms with Crippen molar-refractivity contribution in [1.29, 1.82) is 0 Å². The fourth-order valence-electron chi connectivity index (χ4n) is 1.03. The summed E-state index contributed by atoms with van der Waals surface area (Å²) in [6.07, 6.45) is 3.13. The first-order valence-electron chi connectivity index (χ1n) is 3.43. The molecule has 62 valence electrons. The molecule has 2 aromatic heterocycles. The van der Waals surface area contributed by atoms with E-state index in [4.69, 9.17) is 10.2 Å². The lowest BCUT2D eigenvalue weighted by Crippen LogP contribution is -1.95. The largest absolute Gasteiger partial charge is 0.364 e. The molecule has 5 heteroatoms. The summed E-state index contributed by atoms with van der Waals surface area (Å²) < 4.78 is 1.48. The van der Waals surface area contributed by atoms with Gasteiger partial charge in [0.05, 0.1) is 11.8 Å². The lowest BCUT2D eigenvalue weighted by molar-refractivity contribution is -0.0414. The molecule has 2 aromatic rings. The van der Waals surface area contributed by atoms with Gasteiger partial charge in [-0.1, -0.05) is 0 Å². The van der Waals surface area contributed by atoms with E-state index in [1.165, 1.54) is 10.7 Å². The zero-order valence-corrected chi connectivity index (χ0v) is 6.12. The van der Waals surface area contributed by atoms with Gasteiger partial charge < -0.3 is 10.2 Å². The van der Waals surface area contributed by atoms with E-state index in [1.54, 1.807) is 18.5 Å². The van der Waals surface area contributed by atoms with Gasteiger partial charge >= 0.3 is 0 Å². The molecular formula is C7H7N3O2. The number of aromatic nitrogens is 3. The van der Waals surface area contributed by atoms with Crippen LogP contribution in [0.1, 0.15) is 11.9 Å². The Labute approximate surface area is 67.9 Å². The molecule has 5 nitrogen and oxygen atoms in total. The number of rotatable bonds is 1. The van der Waals surface area contributed by atoms with Gasteiger partial charge in [0, 0.05) is 12.4 Å². The van der Waals surface area contributed by atoms with Crippen LogP contribution >= 0.6 is 0 Å². The van der Waals surface area contributed by atoms with Gasteiger partial charge in [0.25, 0.3) is 0 Å². The number of aliphatic hydroxyl groups excluding tert-OH is 1. The molecule has 12 heavy (non-hydrogen) atoms. The average molecular weight is 165 g/mol. The van der Waals surface area contributed by atoms with Crippen molar-refractivity contribution in [2.75, 3.05) is 0 Å². The molecule has 2 rings (SSSR count). The number of fused-ring (bicyclic) bond motifs is 1. The number of hydrogen-bond acceptors (Lipinski definition) is 4. The zero-order valence-electron chi connectivity index (χ0n) is 6.12. The first-order chi connectivity index (χ1) is 5.79. The summed E-state index contributed by atoms with van der Waals surface area (Å²) in [7, 11) is 0. The van der Waals surface area contributed by atoms with E-state index in [1.807, 2.05) is 0 Å². The van der Waals surface area contributed by atoms with Gasteiger partial charge in [-0.2, -0.15) is 5.10 Å². The van der Waals surface area contributed by atoms with E-state index in [0.29, 0.717) is 11.2 Å². The first-order valence-corrected chi connectivity index (χ1v) is 3.43. The number of aliphatic hydroxyl groups is 2. The zero-order chi connectivity index (χ0) is 8.55. The summed E-state index contributed by atoms with van der Waals surface area (Å²) in [6.45, 7) is 0. The van der Waals surface area contributed by atoms with Crippen molar-refractivity contribution in [2.24, 2.45) is 0 Å². The fourth-order valence-corrected chi connectivity index (χ4v) is 1.03. The Bertz CT molecular complexity index is 396. The highest BCUT2D eigenvalue weighted by molar-refractivity contribution is 5.45. The molecule has 0 unspecified atom stereocenters. The molecule has 0 spiro atoms. The van der Waals surface area contributed by atoms with E-state index >= 15 is 0 Å². The number of nitrogens with zero attached hydrogens (tertiary/aromatic N) is 3. The van der Waals surface area contributed by atoms with Crippen molar-refractivity contribution in [2.45, 2.75) is 6.29 Å². The predicted octanol–water partition coefficient (Wildman–Crippen LogP) is -0.287. The Kier molecular flexibility index (Phi) is 1.53. The van der Waals surface area contributed by atoms with E-state index in [0.717, 1.165) is 0 Å². The summed E-state index contributed by atoms with van der Waals surface area (Å²) >= 11 is 0. The average Bonchev–Trinajstić information content (AvgIpc) is 2.47. The third-order valence-corrected chi connectivity index (χ3v) is 1.58. The molecule has 0 aliphatic rings. The van der Waals surface area contributed by atoms with E-state index in [2.05, 4.69) is 10.1 Å². The summed E-state index contributed by atoms with van der Waals surface area (Å²) in [4.78, 5) is 3.94. The maximum Gasteiger partial charge on any atom is 0.183 e. The van der Waals surface area contributed by atoms with Crippen LogP contribution in [0.25, 0.3) is 5.65 Å². The van der Waals surface area contributed by atoms with E-state index in [9.17, 15) is 0 Å². The van der Waals surface area contributed by atoms with Gasteiger partial charge in [-0.15, -0.1) is 0 Å². The standard InChI is InChI=1S/C7H7N3O2/c11-7(12)5-4-9-10-3-1-2-8-6(5)10/h1-4,7,11-12H. The molecule has 2 N–H and O–H groups in total. The highest BCUT2D eigenvalue weighted by Gasteiger charge is 2.10. The van der Waals surface area contributed by atoms with E-state index in [-0.39, 0.29) is 0 Å². The molecule has 0 aliphatic carbocycles. The molecule has 0 fully saturated rings. The summed E-state index contributed by atoms with van der Waals surface area (Å²) in [5, 5.41) is 21.6. The molecular weight excluding hydrogens is 158 g/mol. The normalized spacial score (nSPS) is 11.2. The van der Waals surface area contributed by atoms with Gasteiger partial charge in [-0.05, 0) is 6.07 Å². The minimum Gasteiger partial charge on any atom is -0.364 e. The minimum atomic E-state index is -1.52. The highest BCUT2D eigenvalue weighted by Crippen LogP contribution is 2.13. The number of hydrogen-bond donors (Lipinski definition) is 2. The second-order valence-electron chi connectivity index (χ2n) is 2.36. The summed E-state index contributed by atoms with van der Waals surface area (Å²) in [6, 6.07) is 1.72. The van der Waals surface area contributed by atoms with Crippen molar-refractivity contribution in [3.8, 4) is 0 Å². The SMILES string of the molecule is OC(O)c1cnn2cccnc12. The van der Waals surface area contributed by atoms with Crippen LogP contribution in [0.3, 0.4) is 0 Å². The molecule has 0 saturated carbocycles. The molecule has 0 radical (unpaired) electrons. The third kappa shape index (κ3) is 0.956. The van der Waals surface area contributed by atoms with Gasteiger partial charge in [0.15, 0.2) is 11.9 Å². The lowest BCUT2D eigenvalue weighted by Gasteiger charge is -1.98. The fraction of sp³-hybridized carbons (Fsp3) is 0.143. The van der Waals surface area contributed by atoms with Crippen molar-refractivity contribution < 1.29 is 10.2 Å². The van der Waals surface area contributed by atoms with Gasteiger partial charge in [0.2, 0.25) is 0 Å². The van der Waals surface area contributed by atoms with Crippen LogP contribution in [-0.4, -0.2) is 24.8 Å². The first kappa shape index (κ1) is 7.20. The Hall–Kier alpha value is -1.46. The van der Waals surface area contributed by atoms with Crippen LogP contribution in [0.15, 0.2) is 24.7 Å². The Morgan fingerprint density at radius 1 is 1.42 bits per heavy atom. The van der Waals surface area contributed by atoms with Crippen LogP contribution in [-0.2, 0) is 0 Å². The summed E-state index contributed by atoms with van der Waals surface area (Å²) in [5.74, 6) is 0. The second kappa shape index (κ2) is 2.54. The van der Waals surface area contributed by atoms with Crippen LogP contribution in [0.2, 0.25) is 0 Å². The van der Waals surface area contributed by atoms with Crippen molar-refractivity contribution >= 4 is 5.65 Å². The van der Waals surface area contributed by atoms with Crippen LogP contribution in [0.5, 0.6) is 0 Å². The van der Waals surface area contributed by atoms with Gasteiger partial charge in [-0.25, -0.2) is 9.50 Å². The van der Waals surface area contributed by atoms with Gasteiger partial charge in [0.1, 0.15) is 0 Å². The van der Waals surface area contributed by atoms with Crippen LogP contribution in [0, 0.1) is 0 Å². The maximum atomic E-state index is 8.87. The Morgan fingerprint density at radius 3 is 3.00 bits per heavy atom. The summed E-state index contributed by atoms with van der Waals surface area (Å²) in [5.41, 5.74) is 0.781. The van der Waals surface area contributed by atoms with Crippen molar-refractivity contribution in [1.82, 2.24) is 14.6 Å². The lowest BCUT2D eigenvalue weighted by atomic mass is 10.3. The van der Waals surface area contributed by atoms with Crippen LogP contribution in [0.4, 0.5) is 0 Å². The molecule has 0 saturated heterocycles. The highest BCUT2D eigenvalue weighted by atomic mass is 16.5.